The van der Waals surface area contributed by atoms with Crippen LogP contribution >= 0.6 is 15.9 Å². The number of hydrogen-bond donors (Lipinski definition) is 0. The SMILES string of the molecule is O=c1ccc2ccc(Br)nc2n1CCF. The summed E-state index contributed by atoms with van der Waals surface area (Å²) in [6, 6.07) is 6.73. The Labute approximate surface area is 93.7 Å². The highest BCUT2D eigenvalue weighted by Gasteiger charge is 2.04. The number of nitrogens with zero attached hydrogens (tertiary/aromatic N) is 2. The van der Waals surface area contributed by atoms with Crippen molar-refractivity contribution in [2.45, 2.75) is 6.54 Å². The average Bonchev–Trinajstić information content (AvgIpc) is 2.23. The molecule has 15 heavy (non-hydrogen) atoms. The van der Waals surface area contributed by atoms with Gasteiger partial charge in [0.1, 0.15) is 16.9 Å². The van der Waals surface area contributed by atoms with Crippen LogP contribution < -0.4 is 5.56 Å². The van der Waals surface area contributed by atoms with E-state index in [-0.39, 0.29) is 12.1 Å². The second-order valence-electron chi connectivity index (χ2n) is 3.06. The third kappa shape index (κ3) is 1.92. The van der Waals surface area contributed by atoms with Crippen molar-refractivity contribution in [2.75, 3.05) is 6.67 Å². The lowest BCUT2D eigenvalue weighted by Crippen LogP contribution is -2.20. The second-order valence-corrected chi connectivity index (χ2v) is 3.87. The van der Waals surface area contributed by atoms with Crippen molar-refractivity contribution in [3.05, 3.63) is 39.2 Å². The van der Waals surface area contributed by atoms with Gasteiger partial charge in [0, 0.05) is 11.5 Å². The summed E-state index contributed by atoms with van der Waals surface area (Å²) in [5.41, 5.74) is 0.278. The molecule has 0 bridgehead atoms. The van der Waals surface area contributed by atoms with Crippen molar-refractivity contribution in [3.63, 3.8) is 0 Å². The van der Waals surface area contributed by atoms with Gasteiger partial charge in [-0.3, -0.25) is 9.36 Å². The smallest absolute Gasteiger partial charge is 0.252 e. The van der Waals surface area contributed by atoms with Gasteiger partial charge < -0.3 is 0 Å². The maximum absolute atomic E-state index is 12.3. The van der Waals surface area contributed by atoms with Crippen molar-refractivity contribution in [3.8, 4) is 0 Å². The zero-order valence-electron chi connectivity index (χ0n) is 7.78. The van der Waals surface area contributed by atoms with Crippen LogP contribution in [0.25, 0.3) is 11.0 Å². The van der Waals surface area contributed by atoms with E-state index in [2.05, 4.69) is 20.9 Å². The summed E-state index contributed by atoms with van der Waals surface area (Å²) in [5.74, 6) is 0. The molecule has 0 saturated carbocycles. The maximum atomic E-state index is 12.3. The average molecular weight is 271 g/mol. The van der Waals surface area contributed by atoms with Gasteiger partial charge in [-0.25, -0.2) is 9.37 Å². The molecule has 0 amide bonds. The van der Waals surface area contributed by atoms with Crippen LogP contribution in [0, 0.1) is 0 Å². The molecule has 78 valence electrons. The summed E-state index contributed by atoms with van der Waals surface area (Å²) in [6.07, 6.45) is 0. The van der Waals surface area contributed by atoms with Crippen LogP contribution in [0.4, 0.5) is 4.39 Å². The Hall–Kier alpha value is -1.23. The van der Waals surface area contributed by atoms with Crippen molar-refractivity contribution in [1.82, 2.24) is 9.55 Å². The van der Waals surface area contributed by atoms with Crippen molar-refractivity contribution >= 4 is 27.0 Å². The van der Waals surface area contributed by atoms with Crippen LogP contribution in [0.5, 0.6) is 0 Å². The standard InChI is InChI=1S/C10H8BrFN2O/c11-8-3-1-7-2-4-9(15)14(6-5-12)10(7)13-8/h1-4H,5-6H2. The number of hydrogen-bond acceptors (Lipinski definition) is 2. The van der Waals surface area contributed by atoms with Crippen LogP contribution in [0.3, 0.4) is 0 Å². The largest absolute Gasteiger partial charge is 0.290 e. The van der Waals surface area contributed by atoms with E-state index in [1.165, 1.54) is 10.6 Å². The molecule has 2 heterocycles. The number of rotatable bonds is 2. The summed E-state index contributed by atoms with van der Waals surface area (Å²) < 4.78 is 14.3. The zero-order chi connectivity index (χ0) is 10.8. The summed E-state index contributed by atoms with van der Waals surface area (Å²) in [7, 11) is 0. The fourth-order valence-electron chi connectivity index (χ4n) is 1.44. The first-order valence-corrected chi connectivity index (χ1v) is 5.24. The topological polar surface area (TPSA) is 34.9 Å². The second kappa shape index (κ2) is 4.10. The van der Waals surface area contributed by atoms with Gasteiger partial charge in [0.25, 0.3) is 5.56 Å². The van der Waals surface area contributed by atoms with Gasteiger partial charge in [0.2, 0.25) is 0 Å². The molecular formula is C10H8BrFN2O. The molecule has 0 aliphatic rings. The highest BCUT2D eigenvalue weighted by molar-refractivity contribution is 9.10. The zero-order valence-corrected chi connectivity index (χ0v) is 9.37. The van der Waals surface area contributed by atoms with Gasteiger partial charge in [0.05, 0.1) is 6.54 Å². The molecule has 0 radical (unpaired) electrons. The number of pyridine rings is 2. The number of fused-ring (bicyclic) bond motifs is 1. The van der Waals surface area contributed by atoms with E-state index in [1.54, 1.807) is 12.1 Å². The van der Waals surface area contributed by atoms with Gasteiger partial charge in [-0.15, -0.1) is 0 Å². The molecule has 2 rings (SSSR count). The third-order valence-corrected chi connectivity index (χ3v) is 2.55. The van der Waals surface area contributed by atoms with Crippen LogP contribution in [-0.4, -0.2) is 16.2 Å². The van der Waals surface area contributed by atoms with E-state index in [0.29, 0.717) is 10.3 Å². The van der Waals surface area contributed by atoms with Crippen molar-refractivity contribution in [1.29, 1.82) is 0 Å². The molecule has 0 saturated heterocycles. The lowest BCUT2D eigenvalue weighted by molar-refractivity contribution is 0.445. The fraction of sp³-hybridized carbons (Fsp3) is 0.200. The van der Waals surface area contributed by atoms with Gasteiger partial charge in [-0.1, -0.05) is 0 Å². The molecule has 5 heteroatoms. The van der Waals surface area contributed by atoms with Crippen LogP contribution in [0.2, 0.25) is 0 Å². The van der Waals surface area contributed by atoms with E-state index >= 15 is 0 Å². The predicted octanol–water partition coefficient (Wildman–Crippen LogP) is 2.13. The predicted molar refractivity (Wildman–Crippen MR) is 59.7 cm³/mol. The molecule has 0 aromatic carbocycles. The van der Waals surface area contributed by atoms with E-state index < -0.39 is 6.67 Å². The molecular weight excluding hydrogens is 263 g/mol. The molecule has 0 spiro atoms. The van der Waals surface area contributed by atoms with Gasteiger partial charge in [-0.2, -0.15) is 0 Å². The minimum Gasteiger partial charge on any atom is -0.290 e. The van der Waals surface area contributed by atoms with Crippen molar-refractivity contribution < 1.29 is 4.39 Å². The first-order valence-electron chi connectivity index (χ1n) is 4.44. The summed E-state index contributed by atoms with van der Waals surface area (Å²) >= 11 is 3.22. The Morgan fingerprint density at radius 1 is 1.33 bits per heavy atom. The lowest BCUT2D eigenvalue weighted by atomic mass is 10.3. The Balaban J connectivity index is 2.78. The van der Waals surface area contributed by atoms with E-state index in [4.69, 9.17) is 0 Å². The number of aromatic nitrogens is 2. The van der Waals surface area contributed by atoms with Crippen LogP contribution in [0.1, 0.15) is 0 Å². The minimum absolute atomic E-state index is 0.0413. The molecule has 0 N–H and O–H groups in total. The van der Waals surface area contributed by atoms with Gasteiger partial charge in [-0.05, 0) is 34.1 Å². The summed E-state index contributed by atoms with van der Waals surface area (Å²) in [5, 5.41) is 0.825. The minimum atomic E-state index is -0.576. The highest BCUT2D eigenvalue weighted by Crippen LogP contribution is 2.13. The van der Waals surface area contributed by atoms with E-state index in [9.17, 15) is 9.18 Å². The Bertz CT molecular complexity index is 553. The number of halogens is 2. The number of aryl methyl sites for hydroxylation is 1. The molecule has 0 aliphatic heterocycles. The normalized spacial score (nSPS) is 10.8. The molecule has 0 atom stereocenters. The van der Waals surface area contributed by atoms with Crippen molar-refractivity contribution in [2.24, 2.45) is 0 Å². The first kappa shape index (κ1) is 10.3. The van der Waals surface area contributed by atoms with Gasteiger partial charge >= 0.3 is 0 Å². The summed E-state index contributed by atoms with van der Waals surface area (Å²) in [4.78, 5) is 15.6. The summed E-state index contributed by atoms with van der Waals surface area (Å²) in [6.45, 7) is -0.535. The number of alkyl halides is 1. The molecule has 2 aromatic rings. The Morgan fingerprint density at radius 3 is 2.80 bits per heavy atom. The molecule has 0 aliphatic carbocycles. The van der Waals surface area contributed by atoms with E-state index in [0.717, 1.165) is 5.39 Å². The monoisotopic (exact) mass is 270 g/mol. The molecule has 0 unspecified atom stereocenters. The lowest BCUT2D eigenvalue weighted by Gasteiger charge is -2.06. The Kier molecular flexibility index (Phi) is 2.81. The van der Waals surface area contributed by atoms with E-state index in [1.807, 2.05) is 6.07 Å². The van der Waals surface area contributed by atoms with Crippen LogP contribution in [0.15, 0.2) is 33.7 Å². The third-order valence-electron chi connectivity index (χ3n) is 2.11. The fourth-order valence-corrected chi connectivity index (χ4v) is 1.74. The molecule has 3 nitrogen and oxygen atoms in total. The molecule has 2 aromatic heterocycles. The molecule has 0 fully saturated rings. The Morgan fingerprint density at radius 2 is 2.07 bits per heavy atom. The van der Waals surface area contributed by atoms with Gasteiger partial charge in [0.15, 0.2) is 0 Å². The highest BCUT2D eigenvalue weighted by atomic mass is 79.9. The maximum Gasteiger partial charge on any atom is 0.252 e. The van der Waals surface area contributed by atoms with Crippen LogP contribution in [-0.2, 0) is 6.54 Å². The first-order chi connectivity index (χ1) is 7.22. The quantitative estimate of drug-likeness (QED) is 0.784.